The van der Waals surface area contributed by atoms with Gasteiger partial charge >= 0.3 is 0 Å². The number of nitrogens with one attached hydrogen (secondary N) is 1. The molecule has 0 fully saturated rings. The summed E-state index contributed by atoms with van der Waals surface area (Å²) in [6.07, 6.45) is 0. The van der Waals surface area contributed by atoms with Crippen molar-refractivity contribution < 1.29 is 18.7 Å². The Labute approximate surface area is 155 Å². The van der Waals surface area contributed by atoms with Gasteiger partial charge in [-0.2, -0.15) is 11.8 Å². The van der Waals surface area contributed by atoms with E-state index < -0.39 is 0 Å². The predicted octanol–water partition coefficient (Wildman–Crippen LogP) is 4.16. The number of thioether (sulfide) groups is 1. The summed E-state index contributed by atoms with van der Waals surface area (Å²) in [5.74, 6) is 1.65. The lowest BCUT2D eigenvalue weighted by Crippen LogP contribution is -2.25. The van der Waals surface area contributed by atoms with Crippen molar-refractivity contribution in [1.29, 1.82) is 0 Å². The number of methoxy groups -OCH3 is 2. The van der Waals surface area contributed by atoms with E-state index in [9.17, 15) is 9.18 Å². The summed E-state index contributed by atoms with van der Waals surface area (Å²) in [5.41, 5.74) is 0.941. The molecule has 0 aliphatic carbocycles. The maximum absolute atomic E-state index is 13.7. The van der Waals surface area contributed by atoms with Crippen LogP contribution < -0.4 is 14.8 Å². The van der Waals surface area contributed by atoms with Gasteiger partial charge in [0.15, 0.2) is 0 Å². The monoisotopic (exact) mass is 383 g/mol. The van der Waals surface area contributed by atoms with E-state index >= 15 is 0 Å². The van der Waals surface area contributed by atoms with Gasteiger partial charge < -0.3 is 14.8 Å². The summed E-state index contributed by atoms with van der Waals surface area (Å²) in [6.45, 7) is 0.453. The molecule has 2 aromatic rings. The highest BCUT2D eigenvalue weighted by atomic mass is 35.5. The number of hydrogen-bond donors (Lipinski definition) is 1. The fourth-order valence-electron chi connectivity index (χ4n) is 2.12. The first kappa shape index (κ1) is 19.4. The minimum atomic E-state index is -0.312. The molecule has 0 saturated heterocycles. The minimum absolute atomic E-state index is 0.221. The first-order valence-electron chi connectivity index (χ1n) is 7.57. The third-order valence-electron chi connectivity index (χ3n) is 3.45. The second-order valence-electron chi connectivity index (χ2n) is 5.11. The summed E-state index contributed by atoms with van der Waals surface area (Å²) in [6, 6.07) is 9.62. The molecule has 0 aromatic heterocycles. The number of ether oxygens (including phenoxy) is 2. The normalized spacial score (nSPS) is 10.4. The van der Waals surface area contributed by atoms with Crippen molar-refractivity contribution in [3.63, 3.8) is 0 Å². The van der Waals surface area contributed by atoms with Gasteiger partial charge in [-0.3, -0.25) is 4.79 Å². The van der Waals surface area contributed by atoms with Crippen molar-refractivity contribution in [3.8, 4) is 11.5 Å². The maximum atomic E-state index is 13.7. The molecule has 1 N–H and O–H groups in total. The molecule has 2 rings (SSSR count). The van der Waals surface area contributed by atoms with E-state index in [-0.39, 0.29) is 11.7 Å². The number of halogens is 2. The van der Waals surface area contributed by atoms with Gasteiger partial charge in [-0.1, -0.05) is 17.7 Å². The summed E-state index contributed by atoms with van der Waals surface area (Å²) < 4.78 is 24.0. The van der Waals surface area contributed by atoms with Crippen LogP contribution in [-0.2, 0) is 5.75 Å². The second-order valence-corrected chi connectivity index (χ2v) is 6.62. The molecule has 25 heavy (non-hydrogen) atoms. The van der Waals surface area contributed by atoms with E-state index in [1.807, 2.05) is 0 Å². The molecule has 0 aliphatic rings. The molecule has 0 atom stereocenters. The van der Waals surface area contributed by atoms with Crippen LogP contribution in [0, 0.1) is 5.82 Å². The van der Waals surface area contributed by atoms with Crippen LogP contribution in [0.5, 0.6) is 11.5 Å². The molecule has 0 spiro atoms. The first-order chi connectivity index (χ1) is 12.0. The van der Waals surface area contributed by atoms with Crippen LogP contribution in [0.15, 0.2) is 36.4 Å². The van der Waals surface area contributed by atoms with Crippen molar-refractivity contribution in [2.24, 2.45) is 0 Å². The molecule has 4 nitrogen and oxygen atoms in total. The third kappa shape index (κ3) is 5.54. The molecule has 0 bridgehead atoms. The summed E-state index contributed by atoms with van der Waals surface area (Å²) >= 11 is 7.48. The van der Waals surface area contributed by atoms with Gasteiger partial charge in [-0.25, -0.2) is 4.39 Å². The average molecular weight is 384 g/mol. The zero-order valence-corrected chi connectivity index (χ0v) is 15.5. The fraction of sp³-hybridized carbons (Fsp3) is 0.278. The summed E-state index contributed by atoms with van der Waals surface area (Å²) in [5, 5.41) is 3.24. The molecule has 0 unspecified atom stereocenters. The lowest BCUT2D eigenvalue weighted by Gasteiger charge is -2.09. The Bertz CT molecular complexity index is 700. The molecule has 0 saturated carbocycles. The Balaban J connectivity index is 1.83. The molecule has 0 heterocycles. The zero-order chi connectivity index (χ0) is 18.2. The largest absolute Gasteiger partial charge is 0.497 e. The highest BCUT2D eigenvalue weighted by Gasteiger charge is 2.10. The van der Waals surface area contributed by atoms with E-state index in [1.54, 1.807) is 30.3 Å². The maximum Gasteiger partial charge on any atom is 0.251 e. The lowest BCUT2D eigenvalue weighted by atomic mass is 10.2. The second kappa shape index (κ2) is 9.53. The molecule has 0 radical (unpaired) electrons. The van der Waals surface area contributed by atoms with Gasteiger partial charge in [0.05, 0.1) is 14.2 Å². The van der Waals surface area contributed by atoms with Crippen LogP contribution in [0.1, 0.15) is 15.9 Å². The quantitative estimate of drug-likeness (QED) is 0.695. The number of hydrogen-bond acceptors (Lipinski definition) is 4. The van der Waals surface area contributed by atoms with Gasteiger partial charge in [0.2, 0.25) is 0 Å². The summed E-state index contributed by atoms with van der Waals surface area (Å²) in [7, 11) is 3.06. The number of carbonyl (C=O) groups is 1. The van der Waals surface area contributed by atoms with Gasteiger partial charge in [0.25, 0.3) is 5.91 Å². The van der Waals surface area contributed by atoms with E-state index in [4.69, 9.17) is 21.1 Å². The van der Waals surface area contributed by atoms with Crippen LogP contribution in [-0.4, -0.2) is 32.4 Å². The molecule has 0 aliphatic heterocycles. The number of benzene rings is 2. The van der Waals surface area contributed by atoms with Crippen LogP contribution in [0.3, 0.4) is 0 Å². The Kier molecular flexibility index (Phi) is 7.40. The molecule has 134 valence electrons. The first-order valence-corrected chi connectivity index (χ1v) is 9.10. The highest BCUT2D eigenvalue weighted by Crippen LogP contribution is 2.24. The predicted molar refractivity (Wildman–Crippen MR) is 99.5 cm³/mol. The average Bonchev–Trinajstić information content (AvgIpc) is 2.62. The van der Waals surface area contributed by atoms with E-state index in [1.165, 1.54) is 32.0 Å². The summed E-state index contributed by atoms with van der Waals surface area (Å²) in [4.78, 5) is 12.2. The van der Waals surface area contributed by atoms with E-state index in [2.05, 4.69) is 5.32 Å². The van der Waals surface area contributed by atoms with Gasteiger partial charge in [0.1, 0.15) is 17.3 Å². The number of amides is 1. The zero-order valence-electron chi connectivity index (χ0n) is 14.0. The van der Waals surface area contributed by atoms with E-state index in [0.717, 1.165) is 0 Å². The Morgan fingerprint density at radius 3 is 2.48 bits per heavy atom. The Morgan fingerprint density at radius 1 is 1.20 bits per heavy atom. The smallest absolute Gasteiger partial charge is 0.251 e. The number of carbonyl (C=O) groups excluding carboxylic acids is 1. The molecule has 1 amide bonds. The third-order valence-corrected chi connectivity index (χ3v) is 4.79. The topological polar surface area (TPSA) is 47.6 Å². The fourth-order valence-corrected chi connectivity index (χ4v) is 3.32. The van der Waals surface area contributed by atoms with Gasteiger partial charge in [0, 0.05) is 40.3 Å². The SMILES string of the molecule is COc1cc(OC)cc(C(=O)NCCSCc2c(F)cccc2Cl)c1. The van der Waals surface area contributed by atoms with Crippen molar-refractivity contribution in [2.75, 3.05) is 26.5 Å². The molecule has 7 heteroatoms. The van der Waals surface area contributed by atoms with E-state index in [0.29, 0.717) is 45.7 Å². The van der Waals surface area contributed by atoms with Crippen molar-refractivity contribution in [3.05, 3.63) is 58.4 Å². The molecule has 2 aromatic carbocycles. The minimum Gasteiger partial charge on any atom is -0.497 e. The van der Waals surface area contributed by atoms with Crippen LogP contribution in [0.2, 0.25) is 5.02 Å². The van der Waals surface area contributed by atoms with Gasteiger partial charge in [-0.05, 0) is 24.3 Å². The van der Waals surface area contributed by atoms with Crippen molar-refractivity contribution in [1.82, 2.24) is 5.32 Å². The van der Waals surface area contributed by atoms with Crippen LogP contribution in [0.4, 0.5) is 4.39 Å². The van der Waals surface area contributed by atoms with Crippen LogP contribution in [0.25, 0.3) is 0 Å². The molecular weight excluding hydrogens is 365 g/mol. The Morgan fingerprint density at radius 2 is 1.88 bits per heavy atom. The standard InChI is InChI=1S/C18H19ClFNO3S/c1-23-13-8-12(9-14(10-13)24-2)18(22)21-6-7-25-11-15-16(19)4-3-5-17(15)20/h3-5,8-10H,6-7,11H2,1-2H3,(H,21,22). The van der Waals surface area contributed by atoms with Crippen LogP contribution >= 0.6 is 23.4 Å². The number of rotatable bonds is 8. The van der Waals surface area contributed by atoms with Crippen molar-refractivity contribution in [2.45, 2.75) is 5.75 Å². The highest BCUT2D eigenvalue weighted by molar-refractivity contribution is 7.98. The van der Waals surface area contributed by atoms with Gasteiger partial charge in [-0.15, -0.1) is 0 Å². The van der Waals surface area contributed by atoms with Crippen molar-refractivity contribution >= 4 is 29.3 Å². The Hall–Kier alpha value is -1.92. The molecular formula is C18H19ClFNO3S. The lowest BCUT2D eigenvalue weighted by molar-refractivity contribution is 0.0955.